The van der Waals surface area contributed by atoms with Gasteiger partial charge in [-0.25, -0.2) is 4.79 Å². The van der Waals surface area contributed by atoms with Crippen molar-refractivity contribution in [3.8, 4) is 0 Å². The number of nitrogens with zero attached hydrogens (tertiary/aromatic N) is 2. The predicted molar refractivity (Wildman–Crippen MR) is 82.8 cm³/mol. The fourth-order valence-corrected chi connectivity index (χ4v) is 3.69. The number of urea groups is 1. The van der Waals surface area contributed by atoms with Crippen LogP contribution in [-0.2, 0) is 19.1 Å². The molecule has 24 heavy (non-hydrogen) atoms. The Morgan fingerprint density at radius 1 is 1.04 bits per heavy atom. The smallest absolute Gasteiger partial charge is 0.326 e. The lowest BCUT2D eigenvalue weighted by atomic mass is 9.98. The highest BCUT2D eigenvalue weighted by Gasteiger charge is 2.52. The van der Waals surface area contributed by atoms with Gasteiger partial charge in [-0.3, -0.25) is 19.3 Å². The normalized spacial score (nSPS) is 22.8. The maximum atomic E-state index is 12.4. The van der Waals surface area contributed by atoms with Crippen molar-refractivity contribution in [2.75, 3.05) is 26.2 Å². The van der Waals surface area contributed by atoms with Gasteiger partial charge in [0.2, 0.25) is 0 Å². The molecule has 0 radical (unpaired) electrons. The summed E-state index contributed by atoms with van der Waals surface area (Å²) < 4.78 is 4.96. The first-order chi connectivity index (χ1) is 11.5. The summed E-state index contributed by atoms with van der Waals surface area (Å²) in [7, 11) is 0. The largest absolute Gasteiger partial charge is 0.454 e. The van der Waals surface area contributed by atoms with Gasteiger partial charge in [-0.2, -0.15) is 0 Å². The van der Waals surface area contributed by atoms with Gasteiger partial charge in [-0.15, -0.1) is 0 Å². The molecule has 3 aliphatic rings. The quantitative estimate of drug-likeness (QED) is 0.592. The van der Waals surface area contributed by atoms with E-state index in [1.807, 2.05) is 0 Å². The number of amides is 4. The zero-order valence-electron chi connectivity index (χ0n) is 13.7. The zero-order chi connectivity index (χ0) is 17.2. The number of rotatable bonds is 4. The molecule has 0 aromatic heterocycles. The third-order valence-electron chi connectivity index (χ3n) is 5.06. The van der Waals surface area contributed by atoms with E-state index < -0.39 is 24.1 Å². The minimum atomic E-state index is -0.832. The van der Waals surface area contributed by atoms with Crippen LogP contribution in [0.15, 0.2) is 0 Å². The first-order valence-corrected chi connectivity index (χ1v) is 8.59. The molecule has 1 aliphatic carbocycles. The maximum absolute atomic E-state index is 12.4. The molecule has 2 saturated heterocycles. The lowest BCUT2D eigenvalue weighted by molar-refractivity contribution is -0.154. The second-order valence-electron chi connectivity index (χ2n) is 6.71. The third kappa shape index (κ3) is 3.22. The van der Waals surface area contributed by atoms with Gasteiger partial charge in [0.15, 0.2) is 6.61 Å². The lowest BCUT2D eigenvalue weighted by Crippen LogP contribution is -2.44. The van der Waals surface area contributed by atoms with E-state index >= 15 is 0 Å². The highest BCUT2D eigenvalue weighted by molar-refractivity contribution is 6.08. The van der Waals surface area contributed by atoms with Crippen LogP contribution < -0.4 is 5.32 Å². The van der Waals surface area contributed by atoms with E-state index in [1.54, 1.807) is 4.90 Å². The van der Waals surface area contributed by atoms with E-state index in [9.17, 15) is 19.2 Å². The predicted octanol–water partition coefficient (Wildman–Crippen LogP) is 0.407. The van der Waals surface area contributed by atoms with Gasteiger partial charge in [-0.05, 0) is 32.1 Å². The van der Waals surface area contributed by atoms with E-state index in [0.29, 0.717) is 25.9 Å². The Morgan fingerprint density at radius 3 is 2.38 bits per heavy atom. The number of nitrogens with one attached hydrogen (secondary N) is 1. The first-order valence-electron chi connectivity index (χ1n) is 8.59. The van der Waals surface area contributed by atoms with Crippen molar-refractivity contribution in [2.45, 2.75) is 50.5 Å². The Morgan fingerprint density at radius 2 is 1.71 bits per heavy atom. The van der Waals surface area contributed by atoms with Gasteiger partial charge in [0.25, 0.3) is 11.8 Å². The minimum Gasteiger partial charge on any atom is -0.454 e. The summed E-state index contributed by atoms with van der Waals surface area (Å²) in [5, 5.41) is 2.71. The van der Waals surface area contributed by atoms with Crippen LogP contribution >= 0.6 is 0 Å². The molecule has 1 saturated carbocycles. The molecule has 2 heterocycles. The Bertz CT molecular complexity index is 550. The second-order valence-corrected chi connectivity index (χ2v) is 6.71. The summed E-state index contributed by atoms with van der Waals surface area (Å²) in [6.07, 6.45) is 6.02. The van der Waals surface area contributed by atoms with E-state index in [0.717, 1.165) is 37.0 Å². The van der Waals surface area contributed by atoms with E-state index in [2.05, 4.69) is 5.32 Å². The molecule has 1 spiro atoms. The van der Waals surface area contributed by atoms with Gasteiger partial charge in [0.1, 0.15) is 12.1 Å². The van der Waals surface area contributed by atoms with Crippen molar-refractivity contribution >= 4 is 23.8 Å². The van der Waals surface area contributed by atoms with E-state index in [4.69, 9.17) is 4.74 Å². The fourth-order valence-electron chi connectivity index (χ4n) is 3.69. The monoisotopic (exact) mass is 337 g/mol. The highest BCUT2D eigenvalue weighted by Crippen LogP contribution is 2.34. The molecule has 2 aliphatic heterocycles. The molecular weight excluding hydrogens is 314 g/mol. The van der Waals surface area contributed by atoms with Gasteiger partial charge >= 0.3 is 12.0 Å². The van der Waals surface area contributed by atoms with Gasteiger partial charge in [-0.1, -0.05) is 12.8 Å². The van der Waals surface area contributed by atoms with Gasteiger partial charge in [0.05, 0.1) is 0 Å². The number of hydrogen-bond acceptors (Lipinski definition) is 5. The molecule has 0 bridgehead atoms. The number of carbonyl (C=O) groups excluding carboxylic acids is 4. The number of piperidine rings is 1. The number of carbonyl (C=O) groups is 4. The standard InChI is InChI=1S/C16H23N3O5/c20-12(18-8-4-1-5-9-18)11-24-13(21)10-19-14(22)16(17-15(19)23)6-2-3-7-16/h1-11H2,(H,17,23). The maximum Gasteiger partial charge on any atom is 0.326 e. The Balaban J connectivity index is 1.49. The first kappa shape index (κ1) is 16.7. The summed E-state index contributed by atoms with van der Waals surface area (Å²) in [5.74, 6) is -1.32. The molecule has 0 aromatic carbocycles. The molecule has 3 rings (SSSR count). The topological polar surface area (TPSA) is 96.0 Å². The average molecular weight is 337 g/mol. The van der Waals surface area contributed by atoms with Crippen molar-refractivity contribution in [3.63, 3.8) is 0 Å². The summed E-state index contributed by atoms with van der Waals surface area (Å²) in [6.45, 7) is 0.588. The number of esters is 1. The average Bonchev–Trinajstić information content (AvgIpc) is 3.14. The molecule has 1 N–H and O–H groups in total. The molecule has 0 unspecified atom stereocenters. The molecule has 132 valence electrons. The summed E-state index contributed by atoms with van der Waals surface area (Å²) in [5.41, 5.74) is -0.832. The van der Waals surface area contributed by atoms with Crippen molar-refractivity contribution in [1.29, 1.82) is 0 Å². The van der Waals surface area contributed by atoms with Crippen LogP contribution in [0.25, 0.3) is 0 Å². The molecule has 0 aromatic rings. The van der Waals surface area contributed by atoms with E-state index in [1.165, 1.54) is 0 Å². The van der Waals surface area contributed by atoms with Crippen LogP contribution in [0.2, 0.25) is 0 Å². The van der Waals surface area contributed by atoms with Crippen LogP contribution in [0.5, 0.6) is 0 Å². The molecule has 4 amide bonds. The minimum absolute atomic E-state index is 0.229. The number of ether oxygens (including phenoxy) is 1. The molecule has 8 heteroatoms. The lowest BCUT2D eigenvalue weighted by Gasteiger charge is -2.26. The molecule has 3 fully saturated rings. The van der Waals surface area contributed by atoms with Crippen LogP contribution in [0.1, 0.15) is 44.9 Å². The Hall–Kier alpha value is -2.12. The number of imide groups is 1. The number of hydrogen-bond donors (Lipinski definition) is 1. The van der Waals surface area contributed by atoms with Crippen molar-refractivity contribution < 1.29 is 23.9 Å². The SMILES string of the molecule is O=C(CN1C(=O)NC2(CCCC2)C1=O)OCC(=O)N1CCCCC1. The Labute approximate surface area is 140 Å². The van der Waals surface area contributed by atoms with Crippen molar-refractivity contribution in [2.24, 2.45) is 0 Å². The van der Waals surface area contributed by atoms with Crippen molar-refractivity contribution in [3.05, 3.63) is 0 Å². The van der Waals surface area contributed by atoms with Gasteiger partial charge < -0.3 is 15.0 Å². The highest BCUT2D eigenvalue weighted by atomic mass is 16.5. The van der Waals surface area contributed by atoms with Gasteiger partial charge in [0, 0.05) is 13.1 Å². The molecule has 0 atom stereocenters. The van der Waals surface area contributed by atoms with Crippen LogP contribution in [-0.4, -0.2) is 65.4 Å². The third-order valence-corrected chi connectivity index (χ3v) is 5.06. The molecule has 8 nitrogen and oxygen atoms in total. The number of likely N-dealkylation sites (tertiary alicyclic amines) is 1. The van der Waals surface area contributed by atoms with Crippen LogP contribution in [0.3, 0.4) is 0 Å². The van der Waals surface area contributed by atoms with Crippen LogP contribution in [0.4, 0.5) is 4.79 Å². The fraction of sp³-hybridized carbons (Fsp3) is 0.750. The van der Waals surface area contributed by atoms with Crippen LogP contribution in [0, 0.1) is 0 Å². The molecular formula is C16H23N3O5. The second kappa shape index (κ2) is 6.78. The zero-order valence-corrected chi connectivity index (χ0v) is 13.7. The van der Waals surface area contributed by atoms with Crippen molar-refractivity contribution in [1.82, 2.24) is 15.1 Å². The summed E-state index contributed by atoms with van der Waals surface area (Å²) in [4.78, 5) is 50.9. The summed E-state index contributed by atoms with van der Waals surface area (Å²) >= 11 is 0. The summed E-state index contributed by atoms with van der Waals surface area (Å²) in [6, 6.07) is -0.554. The Kier molecular flexibility index (Phi) is 4.73. The van der Waals surface area contributed by atoms with E-state index in [-0.39, 0.29) is 18.4 Å².